The fourth-order valence-electron chi connectivity index (χ4n) is 3.40. The Morgan fingerprint density at radius 2 is 1.92 bits per heavy atom. The molecular formula is C21H23N5. The number of nitrogens with one attached hydrogen (secondary N) is 1. The molecule has 0 atom stereocenters. The topological polar surface area (TPSA) is 49.7 Å². The van der Waals surface area contributed by atoms with Crippen LogP contribution in [-0.4, -0.2) is 38.5 Å². The first-order chi connectivity index (χ1) is 12.7. The summed E-state index contributed by atoms with van der Waals surface area (Å²) in [5.74, 6) is 0. The van der Waals surface area contributed by atoms with E-state index in [0.29, 0.717) is 0 Å². The van der Waals surface area contributed by atoms with E-state index in [1.165, 1.54) is 27.5 Å². The molecule has 0 spiro atoms. The molecule has 2 aromatic heterocycles. The lowest BCUT2D eigenvalue weighted by molar-refractivity contribution is 0.331. The number of rotatable bonds is 6. The Bertz CT molecular complexity index is 1010. The molecular weight excluding hydrogens is 322 g/mol. The smallest absolute Gasteiger partial charge is 0.0701 e. The third kappa shape index (κ3) is 3.39. The third-order valence-corrected chi connectivity index (χ3v) is 4.76. The van der Waals surface area contributed by atoms with Gasteiger partial charge in [0.1, 0.15) is 0 Å². The van der Waals surface area contributed by atoms with Gasteiger partial charge in [0, 0.05) is 37.5 Å². The van der Waals surface area contributed by atoms with Crippen molar-refractivity contribution in [3.63, 3.8) is 0 Å². The Morgan fingerprint density at radius 3 is 2.77 bits per heavy atom. The van der Waals surface area contributed by atoms with Gasteiger partial charge in [0.2, 0.25) is 0 Å². The Hall–Kier alpha value is -2.92. The van der Waals surface area contributed by atoms with Crippen LogP contribution in [0.25, 0.3) is 22.0 Å². The molecule has 4 rings (SSSR count). The largest absolute Gasteiger partial charge is 0.302 e. The molecule has 0 bridgehead atoms. The van der Waals surface area contributed by atoms with E-state index in [4.69, 9.17) is 0 Å². The molecule has 0 saturated heterocycles. The first kappa shape index (κ1) is 16.5. The molecule has 0 aliphatic heterocycles. The number of nitrogens with zero attached hydrogens (tertiary/aromatic N) is 4. The van der Waals surface area contributed by atoms with Crippen molar-refractivity contribution in [2.24, 2.45) is 7.05 Å². The van der Waals surface area contributed by atoms with Crippen molar-refractivity contribution < 1.29 is 0 Å². The lowest BCUT2D eigenvalue weighted by atomic mass is 10.00. The second-order valence-electron chi connectivity index (χ2n) is 6.81. The summed E-state index contributed by atoms with van der Waals surface area (Å²) in [6, 6.07) is 14.9. The molecule has 26 heavy (non-hydrogen) atoms. The zero-order valence-corrected chi connectivity index (χ0v) is 15.2. The number of hydrogen-bond acceptors (Lipinski definition) is 3. The van der Waals surface area contributed by atoms with E-state index in [-0.39, 0.29) is 0 Å². The number of H-pyrrole nitrogens is 1. The van der Waals surface area contributed by atoms with Crippen LogP contribution in [0.3, 0.4) is 0 Å². The summed E-state index contributed by atoms with van der Waals surface area (Å²) in [4.78, 5) is 2.33. The number of benzene rings is 2. The van der Waals surface area contributed by atoms with E-state index in [2.05, 4.69) is 75.9 Å². The Morgan fingerprint density at radius 1 is 1.08 bits per heavy atom. The summed E-state index contributed by atoms with van der Waals surface area (Å²) in [5, 5.41) is 14.3. The fraction of sp³-hybridized carbons (Fsp3) is 0.238. The predicted molar refractivity (Wildman–Crippen MR) is 105 cm³/mol. The van der Waals surface area contributed by atoms with Crippen LogP contribution >= 0.6 is 0 Å². The molecule has 0 aliphatic carbocycles. The maximum absolute atomic E-state index is 4.32. The second-order valence-corrected chi connectivity index (χ2v) is 6.81. The summed E-state index contributed by atoms with van der Waals surface area (Å²) in [5.41, 5.74) is 4.79. The minimum atomic E-state index is 0.856. The summed E-state index contributed by atoms with van der Waals surface area (Å²) in [6.45, 7) is 1.83. The van der Waals surface area contributed by atoms with Gasteiger partial charge in [-0.05, 0) is 29.8 Å². The van der Waals surface area contributed by atoms with Gasteiger partial charge < -0.3 is 4.90 Å². The normalized spacial score (nSPS) is 11.5. The lowest BCUT2D eigenvalue weighted by Gasteiger charge is -2.16. The maximum Gasteiger partial charge on any atom is 0.0701 e. The Labute approximate surface area is 153 Å². The molecule has 132 valence electrons. The highest BCUT2D eigenvalue weighted by Gasteiger charge is 2.12. The van der Waals surface area contributed by atoms with E-state index in [1.54, 1.807) is 0 Å². The van der Waals surface area contributed by atoms with E-state index < -0.39 is 0 Å². The van der Waals surface area contributed by atoms with Crippen LogP contribution in [0, 0.1) is 0 Å². The van der Waals surface area contributed by atoms with Crippen molar-refractivity contribution in [2.75, 3.05) is 13.6 Å². The van der Waals surface area contributed by atoms with E-state index in [9.17, 15) is 0 Å². The minimum absolute atomic E-state index is 0.856. The zero-order chi connectivity index (χ0) is 17.9. The molecule has 1 N–H and O–H groups in total. The van der Waals surface area contributed by atoms with Crippen LogP contribution in [0.15, 0.2) is 61.1 Å². The van der Waals surface area contributed by atoms with Crippen LogP contribution in [-0.2, 0) is 20.0 Å². The van der Waals surface area contributed by atoms with Gasteiger partial charge in [-0.25, -0.2) is 0 Å². The van der Waals surface area contributed by atoms with E-state index in [0.717, 1.165) is 25.2 Å². The van der Waals surface area contributed by atoms with Gasteiger partial charge in [-0.1, -0.05) is 42.5 Å². The summed E-state index contributed by atoms with van der Waals surface area (Å²) in [6.07, 6.45) is 6.95. The number of likely N-dealkylation sites (N-methyl/N-ethyl adjacent to an activating group) is 1. The standard InChI is InChI=1S/C21H23N5/c1-25(11-10-16-12-23-26(2)14-16)15-18-13-22-24-21(18)20-9-5-7-17-6-3-4-8-19(17)20/h3-9,12-14H,10-11,15H2,1-2H3,(H,22,24). The molecule has 0 saturated carbocycles. The molecule has 0 radical (unpaired) electrons. The molecule has 0 fully saturated rings. The van der Waals surface area contributed by atoms with E-state index in [1.807, 2.05) is 24.1 Å². The van der Waals surface area contributed by atoms with Gasteiger partial charge in [0.05, 0.1) is 18.1 Å². The van der Waals surface area contributed by atoms with Crippen LogP contribution in [0.2, 0.25) is 0 Å². The summed E-state index contributed by atoms with van der Waals surface area (Å²) < 4.78 is 1.85. The number of aromatic amines is 1. The van der Waals surface area contributed by atoms with Crippen molar-refractivity contribution in [3.05, 3.63) is 72.2 Å². The summed E-state index contributed by atoms with van der Waals surface area (Å²) in [7, 11) is 4.10. The maximum atomic E-state index is 4.32. The van der Waals surface area contributed by atoms with Gasteiger partial charge in [0.15, 0.2) is 0 Å². The second kappa shape index (κ2) is 7.14. The Kier molecular flexibility index (Phi) is 4.54. The quantitative estimate of drug-likeness (QED) is 0.580. The van der Waals surface area contributed by atoms with Crippen LogP contribution in [0.5, 0.6) is 0 Å². The van der Waals surface area contributed by atoms with Gasteiger partial charge in [-0.2, -0.15) is 10.2 Å². The fourth-order valence-corrected chi connectivity index (χ4v) is 3.40. The molecule has 4 aromatic rings. The molecule has 0 aliphatic rings. The molecule has 0 amide bonds. The SMILES string of the molecule is CN(CCc1cnn(C)c1)Cc1cn[nH]c1-c1cccc2ccccc12. The Balaban J connectivity index is 1.53. The molecule has 5 nitrogen and oxygen atoms in total. The highest BCUT2D eigenvalue weighted by molar-refractivity contribution is 5.96. The monoisotopic (exact) mass is 345 g/mol. The minimum Gasteiger partial charge on any atom is -0.302 e. The van der Waals surface area contributed by atoms with Crippen LogP contribution in [0.1, 0.15) is 11.1 Å². The average molecular weight is 345 g/mol. The highest BCUT2D eigenvalue weighted by atomic mass is 15.2. The third-order valence-electron chi connectivity index (χ3n) is 4.76. The van der Waals surface area contributed by atoms with Gasteiger partial charge >= 0.3 is 0 Å². The van der Waals surface area contributed by atoms with Crippen molar-refractivity contribution in [3.8, 4) is 11.3 Å². The zero-order valence-electron chi connectivity index (χ0n) is 15.2. The van der Waals surface area contributed by atoms with Gasteiger partial charge in [-0.15, -0.1) is 0 Å². The van der Waals surface area contributed by atoms with Crippen molar-refractivity contribution in [1.29, 1.82) is 0 Å². The first-order valence-corrected chi connectivity index (χ1v) is 8.87. The molecule has 2 aromatic carbocycles. The predicted octanol–water partition coefficient (Wildman–Crippen LogP) is 3.64. The van der Waals surface area contributed by atoms with Crippen molar-refractivity contribution >= 4 is 10.8 Å². The number of fused-ring (bicyclic) bond motifs is 1. The molecule has 0 unspecified atom stereocenters. The van der Waals surface area contributed by atoms with E-state index >= 15 is 0 Å². The molecule has 5 heteroatoms. The van der Waals surface area contributed by atoms with Crippen molar-refractivity contribution in [2.45, 2.75) is 13.0 Å². The molecule has 2 heterocycles. The highest BCUT2D eigenvalue weighted by Crippen LogP contribution is 2.29. The van der Waals surface area contributed by atoms with Gasteiger partial charge in [-0.3, -0.25) is 9.78 Å². The number of aromatic nitrogens is 4. The first-order valence-electron chi connectivity index (χ1n) is 8.87. The van der Waals surface area contributed by atoms with Gasteiger partial charge in [0.25, 0.3) is 0 Å². The summed E-state index contributed by atoms with van der Waals surface area (Å²) >= 11 is 0. The van der Waals surface area contributed by atoms with Crippen LogP contribution in [0.4, 0.5) is 0 Å². The number of aryl methyl sites for hydroxylation is 1. The van der Waals surface area contributed by atoms with Crippen LogP contribution < -0.4 is 0 Å². The van der Waals surface area contributed by atoms with Crippen molar-refractivity contribution in [1.82, 2.24) is 24.9 Å². The lowest BCUT2D eigenvalue weighted by Crippen LogP contribution is -2.20. The number of hydrogen-bond donors (Lipinski definition) is 1. The average Bonchev–Trinajstić information content (AvgIpc) is 3.28.